The average molecular weight is 281 g/mol. The van der Waals surface area contributed by atoms with Crippen LogP contribution < -0.4 is 0 Å². The zero-order valence-electron chi connectivity index (χ0n) is 11.6. The Labute approximate surface area is 118 Å². The third-order valence-corrected chi connectivity index (χ3v) is 4.97. The van der Waals surface area contributed by atoms with Gasteiger partial charge in [-0.25, -0.2) is 8.78 Å². The molecular formula is C16H21F2NO. The number of rotatable bonds is 4. The van der Waals surface area contributed by atoms with Crippen LogP contribution in [0.2, 0.25) is 0 Å². The van der Waals surface area contributed by atoms with Crippen molar-refractivity contribution in [1.29, 1.82) is 0 Å². The molecule has 1 atom stereocenters. The molecule has 1 aliphatic carbocycles. The maximum Gasteiger partial charge on any atom is 0.128 e. The lowest BCUT2D eigenvalue weighted by Gasteiger charge is -2.44. The van der Waals surface area contributed by atoms with Gasteiger partial charge in [0.15, 0.2) is 0 Å². The van der Waals surface area contributed by atoms with Crippen molar-refractivity contribution in [2.24, 2.45) is 5.41 Å². The minimum absolute atomic E-state index is 0.00755. The van der Waals surface area contributed by atoms with Crippen molar-refractivity contribution in [2.75, 3.05) is 19.7 Å². The first kappa shape index (κ1) is 14.0. The van der Waals surface area contributed by atoms with Crippen molar-refractivity contribution in [3.05, 3.63) is 35.4 Å². The van der Waals surface area contributed by atoms with Crippen LogP contribution >= 0.6 is 0 Å². The van der Waals surface area contributed by atoms with Crippen LogP contribution in [0.3, 0.4) is 0 Å². The third-order valence-electron chi connectivity index (χ3n) is 4.97. The quantitative estimate of drug-likeness (QED) is 0.915. The molecule has 0 radical (unpaired) electrons. The lowest BCUT2D eigenvalue weighted by Crippen LogP contribution is -2.44. The molecule has 0 bridgehead atoms. The smallest absolute Gasteiger partial charge is 0.128 e. The van der Waals surface area contributed by atoms with E-state index in [0.29, 0.717) is 5.56 Å². The summed E-state index contributed by atoms with van der Waals surface area (Å²) in [5.41, 5.74) is 0.460. The molecule has 1 N–H and O–H groups in total. The van der Waals surface area contributed by atoms with Crippen molar-refractivity contribution < 1.29 is 13.9 Å². The highest BCUT2D eigenvalue weighted by Gasteiger charge is 2.41. The van der Waals surface area contributed by atoms with Crippen molar-refractivity contribution >= 4 is 0 Å². The summed E-state index contributed by atoms with van der Waals surface area (Å²) in [4.78, 5) is 2.23. The topological polar surface area (TPSA) is 23.5 Å². The van der Waals surface area contributed by atoms with Crippen LogP contribution in [0, 0.1) is 17.0 Å². The van der Waals surface area contributed by atoms with Gasteiger partial charge < -0.3 is 5.11 Å². The first-order valence-electron chi connectivity index (χ1n) is 7.43. The van der Waals surface area contributed by atoms with E-state index in [4.69, 9.17) is 0 Å². The highest BCUT2D eigenvalue weighted by Crippen LogP contribution is 2.44. The van der Waals surface area contributed by atoms with Crippen LogP contribution in [0.25, 0.3) is 0 Å². The molecule has 2 fully saturated rings. The predicted octanol–water partition coefficient (Wildman–Crippen LogP) is 3.26. The summed E-state index contributed by atoms with van der Waals surface area (Å²) in [7, 11) is 0. The van der Waals surface area contributed by atoms with Gasteiger partial charge >= 0.3 is 0 Å². The van der Waals surface area contributed by atoms with E-state index in [1.165, 1.54) is 18.2 Å². The van der Waals surface area contributed by atoms with E-state index in [2.05, 4.69) is 4.90 Å². The summed E-state index contributed by atoms with van der Waals surface area (Å²) in [5, 5.41) is 9.59. The second-order valence-corrected chi connectivity index (χ2v) is 6.31. The Morgan fingerprint density at radius 3 is 2.70 bits per heavy atom. The molecule has 1 heterocycles. The summed E-state index contributed by atoms with van der Waals surface area (Å²) in [6, 6.07) is 3.66. The maximum atomic E-state index is 14.0. The van der Waals surface area contributed by atoms with E-state index in [1.807, 2.05) is 0 Å². The second kappa shape index (κ2) is 5.41. The summed E-state index contributed by atoms with van der Waals surface area (Å²) >= 11 is 0. The van der Waals surface area contributed by atoms with Gasteiger partial charge in [0.05, 0.1) is 0 Å². The number of benzene rings is 1. The molecule has 20 heavy (non-hydrogen) atoms. The molecule has 110 valence electrons. The molecule has 4 heteroatoms. The van der Waals surface area contributed by atoms with Crippen LogP contribution in [0.5, 0.6) is 0 Å². The van der Waals surface area contributed by atoms with Crippen LogP contribution in [0.4, 0.5) is 8.78 Å². The molecule has 0 unspecified atom stereocenters. The van der Waals surface area contributed by atoms with Gasteiger partial charge in [-0.3, -0.25) is 4.90 Å². The van der Waals surface area contributed by atoms with E-state index in [-0.39, 0.29) is 29.7 Å². The molecule has 1 aromatic carbocycles. The average Bonchev–Trinajstić information content (AvgIpc) is 2.84. The molecule has 0 spiro atoms. The van der Waals surface area contributed by atoms with E-state index < -0.39 is 0 Å². The summed E-state index contributed by atoms with van der Waals surface area (Å²) in [6.07, 6.45) is 5.11. The minimum atomic E-state index is -0.381. The molecule has 2 aliphatic rings. The molecule has 1 saturated carbocycles. The van der Waals surface area contributed by atoms with Crippen LogP contribution in [0.1, 0.15) is 43.7 Å². The van der Waals surface area contributed by atoms with Crippen LogP contribution in [-0.4, -0.2) is 29.7 Å². The molecule has 1 aromatic rings. The highest BCUT2D eigenvalue weighted by atomic mass is 19.1. The fraction of sp³-hybridized carbons (Fsp3) is 0.625. The van der Waals surface area contributed by atoms with Gasteiger partial charge in [0.1, 0.15) is 11.6 Å². The summed E-state index contributed by atoms with van der Waals surface area (Å²) in [6.45, 7) is 1.90. The Morgan fingerprint density at radius 2 is 2.05 bits per heavy atom. The number of likely N-dealkylation sites (tertiary alicyclic amines) is 1. The molecule has 0 aromatic heterocycles. The van der Waals surface area contributed by atoms with Crippen molar-refractivity contribution in [2.45, 2.75) is 38.1 Å². The highest BCUT2D eigenvalue weighted by molar-refractivity contribution is 5.23. The Kier molecular flexibility index (Phi) is 3.78. The Hall–Kier alpha value is -1.00. The van der Waals surface area contributed by atoms with Gasteiger partial charge in [-0.1, -0.05) is 6.42 Å². The van der Waals surface area contributed by atoms with Gasteiger partial charge in [0, 0.05) is 30.2 Å². The van der Waals surface area contributed by atoms with Gasteiger partial charge in [-0.2, -0.15) is 0 Å². The fourth-order valence-corrected chi connectivity index (χ4v) is 3.61. The summed E-state index contributed by atoms with van der Waals surface area (Å²) in [5.74, 6) is -0.705. The number of halogens is 2. The van der Waals surface area contributed by atoms with Crippen molar-refractivity contribution in [3.8, 4) is 0 Å². The van der Waals surface area contributed by atoms with E-state index >= 15 is 0 Å². The molecule has 1 aliphatic heterocycles. The first-order chi connectivity index (χ1) is 9.63. The van der Waals surface area contributed by atoms with Crippen LogP contribution in [0.15, 0.2) is 18.2 Å². The molecule has 1 saturated heterocycles. The minimum Gasteiger partial charge on any atom is -0.396 e. The first-order valence-corrected chi connectivity index (χ1v) is 7.43. The largest absolute Gasteiger partial charge is 0.396 e. The Morgan fingerprint density at radius 1 is 1.25 bits per heavy atom. The zero-order valence-corrected chi connectivity index (χ0v) is 11.6. The zero-order chi connectivity index (χ0) is 14.2. The van der Waals surface area contributed by atoms with Crippen molar-refractivity contribution in [3.63, 3.8) is 0 Å². The number of nitrogens with zero attached hydrogens (tertiary/aromatic N) is 1. The van der Waals surface area contributed by atoms with Crippen molar-refractivity contribution in [1.82, 2.24) is 4.90 Å². The lowest BCUT2D eigenvalue weighted by atomic mass is 9.69. The Balaban J connectivity index is 1.80. The Bertz CT molecular complexity index is 482. The normalized spacial score (nSPS) is 25.6. The van der Waals surface area contributed by atoms with Gasteiger partial charge in [0.2, 0.25) is 0 Å². The second-order valence-electron chi connectivity index (χ2n) is 6.31. The number of hydrogen-bond acceptors (Lipinski definition) is 2. The lowest BCUT2D eigenvalue weighted by molar-refractivity contribution is 0.00367. The van der Waals surface area contributed by atoms with Gasteiger partial charge in [0.25, 0.3) is 0 Å². The van der Waals surface area contributed by atoms with E-state index in [1.54, 1.807) is 0 Å². The predicted molar refractivity (Wildman–Crippen MR) is 73.3 cm³/mol. The number of aliphatic hydroxyl groups is 1. The molecule has 2 nitrogen and oxygen atoms in total. The third kappa shape index (κ3) is 2.47. The molecular weight excluding hydrogens is 260 g/mol. The molecule has 3 rings (SSSR count). The van der Waals surface area contributed by atoms with Gasteiger partial charge in [-0.05, 0) is 50.4 Å². The van der Waals surface area contributed by atoms with Crippen LogP contribution in [-0.2, 0) is 0 Å². The molecule has 0 amide bonds. The monoisotopic (exact) mass is 281 g/mol. The summed E-state index contributed by atoms with van der Waals surface area (Å²) < 4.78 is 27.3. The van der Waals surface area contributed by atoms with E-state index in [9.17, 15) is 13.9 Å². The van der Waals surface area contributed by atoms with Gasteiger partial charge in [-0.15, -0.1) is 0 Å². The SMILES string of the molecule is OCC1(CN2CCC[C@@H]2c2cc(F)ccc2F)CCC1. The maximum absolute atomic E-state index is 14.0. The number of aliphatic hydroxyl groups excluding tert-OH is 1. The fourth-order valence-electron chi connectivity index (χ4n) is 3.61. The van der Waals surface area contributed by atoms with E-state index in [0.717, 1.165) is 45.2 Å². The standard InChI is InChI=1S/C16H21F2NO/c17-12-4-5-14(18)13(9-12)15-3-1-8-19(15)10-16(11-20)6-2-7-16/h4-5,9,15,20H,1-3,6-8,10-11H2/t15-/m1/s1. The number of hydrogen-bond donors (Lipinski definition) is 1.